The third-order valence-electron chi connectivity index (χ3n) is 7.12. The van der Waals surface area contributed by atoms with Crippen LogP contribution in [0.2, 0.25) is 0 Å². The van der Waals surface area contributed by atoms with E-state index in [9.17, 15) is 9.59 Å². The smallest absolute Gasteiger partial charge is 0.273 e. The maximum absolute atomic E-state index is 13.3. The van der Waals surface area contributed by atoms with Gasteiger partial charge >= 0.3 is 0 Å². The molecule has 0 spiro atoms. The van der Waals surface area contributed by atoms with E-state index in [1.807, 2.05) is 4.90 Å². The maximum atomic E-state index is 13.3. The second kappa shape index (κ2) is 8.09. The van der Waals surface area contributed by atoms with Gasteiger partial charge in [-0.25, -0.2) is 0 Å². The van der Waals surface area contributed by atoms with Crippen molar-refractivity contribution in [3.05, 3.63) is 17.5 Å². The van der Waals surface area contributed by atoms with Gasteiger partial charge in [-0.2, -0.15) is 0 Å². The van der Waals surface area contributed by atoms with Gasteiger partial charge < -0.3 is 20.1 Å². The van der Waals surface area contributed by atoms with E-state index in [0.717, 1.165) is 57.4 Å². The summed E-state index contributed by atoms with van der Waals surface area (Å²) in [4.78, 5) is 27.9. The molecule has 1 aromatic heterocycles. The number of nitrogens with zero attached hydrogens (tertiary/aromatic N) is 2. The molecule has 0 bridgehead atoms. The maximum Gasteiger partial charge on any atom is 0.273 e. The van der Waals surface area contributed by atoms with Crippen LogP contribution in [0.25, 0.3) is 0 Å². The van der Waals surface area contributed by atoms with Crippen molar-refractivity contribution in [2.75, 3.05) is 19.6 Å². The summed E-state index contributed by atoms with van der Waals surface area (Å²) in [7, 11) is 0. The molecule has 7 heteroatoms. The molecule has 2 N–H and O–H groups in total. The van der Waals surface area contributed by atoms with Crippen LogP contribution >= 0.6 is 0 Å². The molecule has 160 valence electrons. The molecule has 29 heavy (non-hydrogen) atoms. The molecular formula is C22H34N4O3. The first kappa shape index (κ1) is 20.4. The number of carbonyl (C=O) groups is 2. The van der Waals surface area contributed by atoms with Crippen molar-refractivity contribution >= 4 is 11.8 Å². The predicted octanol–water partition coefficient (Wildman–Crippen LogP) is 2.69. The molecule has 2 unspecified atom stereocenters. The van der Waals surface area contributed by atoms with Crippen LogP contribution in [0.3, 0.4) is 0 Å². The van der Waals surface area contributed by atoms with Crippen molar-refractivity contribution in [1.82, 2.24) is 20.7 Å². The van der Waals surface area contributed by atoms with Gasteiger partial charge in [-0.15, -0.1) is 0 Å². The zero-order valence-corrected chi connectivity index (χ0v) is 17.9. The molecule has 4 rings (SSSR count). The van der Waals surface area contributed by atoms with E-state index in [0.29, 0.717) is 24.1 Å². The summed E-state index contributed by atoms with van der Waals surface area (Å²) >= 11 is 0. The van der Waals surface area contributed by atoms with Crippen molar-refractivity contribution in [2.45, 2.75) is 77.3 Å². The van der Waals surface area contributed by atoms with E-state index >= 15 is 0 Å². The van der Waals surface area contributed by atoms with Crippen LogP contribution in [0, 0.1) is 11.3 Å². The highest BCUT2D eigenvalue weighted by molar-refractivity contribution is 5.92. The predicted molar refractivity (Wildman–Crippen MR) is 110 cm³/mol. The van der Waals surface area contributed by atoms with Gasteiger partial charge in [-0.1, -0.05) is 19.0 Å². The number of piperidine rings is 2. The van der Waals surface area contributed by atoms with Gasteiger partial charge in [0, 0.05) is 36.0 Å². The fourth-order valence-corrected chi connectivity index (χ4v) is 4.91. The average Bonchev–Trinajstić information content (AvgIpc) is 3.44. The molecule has 3 fully saturated rings. The second-order valence-electron chi connectivity index (χ2n) is 9.68. The molecule has 3 aliphatic rings. The van der Waals surface area contributed by atoms with E-state index in [1.165, 1.54) is 0 Å². The van der Waals surface area contributed by atoms with Gasteiger partial charge in [0.1, 0.15) is 5.76 Å². The Bertz CT molecular complexity index is 749. The monoisotopic (exact) mass is 402 g/mol. The summed E-state index contributed by atoms with van der Waals surface area (Å²) in [5, 5.41) is 10.4. The minimum atomic E-state index is -0.341. The Labute approximate surface area is 172 Å². The van der Waals surface area contributed by atoms with Gasteiger partial charge in [0.25, 0.3) is 5.91 Å². The molecule has 2 amide bonds. The summed E-state index contributed by atoms with van der Waals surface area (Å²) < 4.78 is 5.30. The van der Waals surface area contributed by atoms with Gasteiger partial charge in [0.15, 0.2) is 5.69 Å². The minimum absolute atomic E-state index is 0.0598. The normalized spacial score (nSPS) is 26.4. The number of aromatic nitrogens is 1. The highest BCUT2D eigenvalue weighted by atomic mass is 16.5. The van der Waals surface area contributed by atoms with Crippen LogP contribution in [0.15, 0.2) is 10.6 Å². The van der Waals surface area contributed by atoms with Crippen LogP contribution < -0.4 is 10.6 Å². The van der Waals surface area contributed by atoms with Crippen LogP contribution in [0.1, 0.15) is 81.5 Å². The lowest BCUT2D eigenvalue weighted by molar-refractivity contribution is -0.147. The van der Waals surface area contributed by atoms with Gasteiger partial charge in [-0.3, -0.25) is 9.59 Å². The number of carbonyl (C=O) groups excluding carboxylic acids is 2. The summed E-state index contributed by atoms with van der Waals surface area (Å²) in [6, 6.07) is 1.95. The Balaban J connectivity index is 1.32. The Morgan fingerprint density at radius 2 is 1.93 bits per heavy atom. The zero-order valence-electron chi connectivity index (χ0n) is 17.9. The Kier molecular flexibility index (Phi) is 5.69. The van der Waals surface area contributed by atoms with E-state index in [2.05, 4.69) is 36.6 Å². The van der Waals surface area contributed by atoms with E-state index in [-0.39, 0.29) is 29.3 Å². The Hall–Kier alpha value is -1.89. The van der Waals surface area contributed by atoms with E-state index in [1.54, 1.807) is 6.07 Å². The molecule has 1 aromatic rings. The molecule has 0 radical (unpaired) electrons. The van der Waals surface area contributed by atoms with Crippen molar-refractivity contribution in [3.63, 3.8) is 0 Å². The lowest BCUT2D eigenvalue weighted by atomic mass is 9.72. The van der Waals surface area contributed by atoms with Crippen molar-refractivity contribution in [3.8, 4) is 0 Å². The molecule has 3 heterocycles. The third-order valence-corrected chi connectivity index (χ3v) is 7.12. The van der Waals surface area contributed by atoms with Crippen LogP contribution in [0.4, 0.5) is 0 Å². The Morgan fingerprint density at radius 1 is 1.21 bits per heavy atom. The largest absolute Gasteiger partial charge is 0.360 e. The second-order valence-corrected chi connectivity index (χ2v) is 9.68. The number of likely N-dealkylation sites (tertiary alicyclic amines) is 1. The Morgan fingerprint density at radius 3 is 2.59 bits per heavy atom. The van der Waals surface area contributed by atoms with Gasteiger partial charge in [-0.05, 0) is 64.5 Å². The molecular weight excluding hydrogens is 368 g/mol. The third kappa shape index (κ3) is 4.34. The lowest BCUT2D eigenvalue weighted by Gasteiger charge is -2.44. The van der Waals surface area contributed by atoms with Gasteiger partial charge in [0.2, 0.25) is 5.91 Å². The van der Waals surface area contributed by atoms with Crippen molar-refractivity contribution in [1.29, 1.82) is 0 Å². The first-order valence-electron chi connectivity index (χ1n) is 11.2. The minimum Gasteiger partial charge on any atom is -0.360 e. The molecule has 2 aliphatic heterocycles. The number of hydrogen-bond acceptors (Lipinski definition) is 5. The molecule has 2 saturated heterocycles. The standard InChI is InChI=1S/C22H34N4O3/c1-14-12-17(24-20(27)18-13-19(29-25-18)15-4-5-15)8-11-26(14)21(28)22(2,3)16-6-9-23-10-7-16/h13-17,23H,4-12H2,1-3H3,(H,24,27). The number of hydrogen-bond donors (Lipinski definition) is 2. The first-order chi connectivity index (χ1) is 13.9. The average molecular weight is 403 g/mol. The molecule has 0 aromatic carbocycles. The number of rotatable bonds is 5. The van der Waals surface area contributed by atoms with Crippen LogP contribution in [-0.2, 0) is 4.79 Å². The quantitative estimate of drug-likeness (QED) is 0.791. The summed E-state index contributed by atoms with van der Waals surface area (Å²) in [6.07, 6.45) is 5.90. The highest BCUT2D eigenvalue weighted by Gasteiger charge is 2.42. The van der Waals surface area contributed by atoms with E-state index in [4.69, 9.17) is 4.52 Å². The number of amides is 2. The van der Waals surface area contributed by atoms with Crippen molar-refractivity contribution in [2.24, 2.45) is 11.3 Å². The molecule has 1 aliphatic carbocycles. The van der Waals surface area contributed by atoms with Crippen LogP contribution in [-0.4, -0.2) is 53.6 Å². The fraction of sp³-hybridized carbons (Fsp3) is 0.773. The summed E-state index contributed by atoms with van der Waals surface area (Å²) in [6.45, 7) is 8.98. The molecule has 7 nitrogen and oxygen atoms in total. The molecule has 2 atom stereocenters. The summed E-state index contributed by atoms with van der Waals surface area (Å²) in [5.41, 5.74) is 0.0249. The zero-order chi connectivity index (χ0) is 20.6. The highest BCUT2D eigenvalue weighted by Crippen LogP contribution is 2.40. The van der Waals surface area contributed by atoms with Gasteiger partial charge in [0.05, 0.1) is 0 Å². The molecule has 1 saturated carbocycles. The number of nitrogens with one attached hydrogen (secondary N) is 2. The SMILES string of the molecule is CC1CC(NC(=O)c2cc(C3CC3)on2)CCN1C(=O)C(C)(C)C1CCNCC1. The van der Waals surface area contributed by atoms with Crippen LogP contribution in [0.5, 0.6) is 0 Å². The summed E-state index contributed by atoms with van der Waals surface area (Å²) in [5.74, 6) is 1.78. The topological polar surface area (TPSA) is 87.5 Å². The fourth-order valence-electron chi connectivity index (χ4n) is 4.91. The first-order valence-corrected chi connectivity index (χ1v) is 11.2. The van der Waals surface area contributed by atoms with E-state index < -0.39 is 0 Å². The lowest BCUT2D eigenvalue weighted by Crippen LogP contribution is -2.55. The van der Waals surface area contributed by atoms with Crippen molar-refractivity contribution < 1.29 is 14.1 Å².